The number of rotatable bonds is 1. The number of ether oxygens (including phenoxy) is 1. The number of carbonyl (C=O) groups excluding carboxylic acids is 1. The first-order chi connectivity index (χ1) is 8.60. The summed E-state index contributed by atoms with van der Waals surface area (Å²) in [6.07, 6.45) is -0.254. The monoisotopic (exact) mass is 398 g/mol. The lowest BCUT2D eigenvalue weighted by Gasteiger charge is -2.38. The molecular weight excluding hydrogens is 371 g/mol. The molecule has 0 unspecified atom stereocenters. The molecule has 0 N–H and O–H groups in total. The molecule has 1 heterocycles. The smallest absolute Gasteiger partial charge is 0.410 e. The first kappa shape index (κ1) is 19.3. The van der Waals surface area contributed by atoms with E-state index in [4.69, 9.17) is 4.74 Å². The Kier molecular flexibility index (Phi) is 7.06. The molecule has 0 radical (unpaired) electrons. The van der Waals surface area contributed by atoms with Crippen LogP contribution >= 0.6 is 24.0 Å². The summed E-state index contributed by atoms with van der Waals surface area (Å²) in [5.74, 6) is 0.911. The molecule has 1 amide bonds. The molecule has 1 aliphatic heterocycles. The lowest BCUT2D eigenvalue weighted by Crippen LogP contribution is -2.55. The molecule has 6 nitrogen and oxygen atoms in total. The van der Waals surface area contributed by atoms with Crippen LogP contribution < -0.4 is 0 Å². The van der Waals surface area contributed by atoms with Gasteiger partial charge in [-0.15, -0.1) is 24.0 Å². The van der Waals surface area contributed by atoms with Crippen molar-refractivity contribution in [2.45, 2.75) is 32.4 Å². The van der Waals surface area contributed by atoms with Crippen LogP contribution in [0.25, 0.3) is 0 Å². The van der Waals surface area contributed by atoms with E-state index in [9.17, 15) is 4.79 Å². The topological polar surface area (TPSA) is 48.4 Å². The average molecular weight is 398 g/mol. The molecular formula is C13H27IN4O2. The molecule has 1 saturated heterocycles. The van der Waals surface area contributed by atoms with Crippen LogP contribution in [0.2, 0.25) is 0 Å². The fourth-order valence-electron chi connectivity index (χ4n) is 1.81. The number of guanidine groups is 1. The number of hydrogen-bond donors (Lipinski definition) is 0. The molecule has 0 bridgehead atoms. The molecule has 7 heteroatoms. The molecule has 0 aromatic rings. The van der Waals surface area contributed by atoms with Gasteiger partial charge in [-0.25, -0.2) is 9.79 Å². The largest absolute Gasteiger partial charge is 0.444 e. The Hall–Kier alpha value is -0.730. The van der Waals surface area contributed by atoms with Gasteiger partial charge >= 0.3 is 6.09 Å². The Labute approximate surface area is 139 Å². The van der Waals surface area contributed by atoms with Gasteiger partial charge in [0.2, 0.25) is 0 Å². The summed E-state index contributed by atoms with van der Waals surface area (Å²) in [4.78, 5) is 22.0. The summed E-state index contributed by atoms with van der Waals surface area (Å²) >= 11 is 0. The van der Waals surface area contributed by atoms with Crippen molar-refractivity contribution < 1.29 is 9.53 Å². The Balaban J connectivity index is 0.00000361. The van der Waals surface area contributed by atoms with Gasteiger partial charge in [-0.2, -0.15) is 0 Å². The van der Waals surface area contributed by atoms with E-state index in [2.05, 4.69) is 4.99 Å². The average Bonchev–Trinajstić information content (AvgIpc) is 2.10. The van der Waals surface area contributed by atoms with Gasteiger partial charge in [0.05, 0.1) is 6.04 Å². The van der Waals surface area contributed by atoms with Gasteiger partial charge in [-0.05, 0) is 20.8 Å². The number of halogens is 1. The highest BCUT2D eigenvalue weighted by Gasteiger charge is 2.34. The molecule has 1 fully saturated rings. The summed E-state index contributed by atoms with van der Waals surface area (Å²) in [5.41, 5.74) is -0.441. The Morgan fingerprint density at radius 2 is 1.60 bits per heavy atom. The maximum absolute atomic E-state index is 11.8. The van der Waals surface area contributed by atoms with E-state index in [0.717, 1.165) is 5.96 Å². The molecule has 0 atom stereocenters. The van der Waals surface area contributed by atoms with E-state index in [-0.39, 0.29) is 36.1 Å². The standard InChI is InChI=1S/C13H26N4O2.HI/c1-13(2,3)19-12(18)17-8-10(9-17)14-11(15(4)5)16(6)7;/h10H,8-9H2,1-7H3;1H. The first-order valence-electron chi connectivity index (χ1n) is 6.50. The number of carbonyl (C=O) groups is 1. The van der Waals surface area contributed by atoms with Crippen molar-refractivity contribution in [3.05, 3.63) is 0 Å². The highest BCUT2D eigenvalue weighted by Crippen LogP contribution is 2.17. The number of amides is 1. The van der Waals surface area contributed by atoms with E-state index in [1.807, 2.05) is 58.8 Å². The van der Waals surface area contributed by atoms with Crippen molar-refractivity contribution in [3.8, 4) is 0 Å². The third kappa shape index (κ3) is 5.72. The lowest BCUT2D eigenvalue weighted by molar-refractivity contribution is 0.00889. The van der Waals surface area contributed by atoms with Gasteiger partial charge < -0.3 is 19.4 Å². The lowest BCUT2D eigenvalue weighted by atomic mass is 10.1. The Bertz CT molecular complexity index is 348. The van der Waals surface area contributed by atoms with E-state index in [0.29, 0.717) is 13.1 Å². The van der Waals surface area contributed by atoms with Crippen LogP contribution in [0, 0.1) is 0 Å². The van der Waals surface area contributed by atoms with Crippen molar-refractivity contribution >= 4 is 36.0 Å². The van der Waals surface area contributed by atoms with Crippen LogP contribution in [0.1, 0.15) is 20.8 Å². The fraction of sp³-hybridized carbons (Fsp3) is 0.846. The maximum atomic E-state index is 11.8. The molecule has 1 aliphatic rings. The third-order valence-electron chi connectivity index (χ3n) is 2.61. The van der Waals surface area contributed by atoms with E-state index >= 15 is 0 Å². The minimum absolute atomic E-state index is 0. The number of aliphatic imine (C=N–C) groups is 1. The van der Waals surface area contributed by atoms with Crippen LogP contribution in [0.3, 0.4) is 0 Å². The second-order valence-electron chi connectivity index (χ2n) is 6.26. The SMILES string of the molecule is CN(C)C(=NC1CN(C(=O)OC(C)(C)C)C1)N(C)C.I. The zero-order valence-corrected chi connectivity index (χ0v) is 15.8. The zero-order valence-electron chi connectivity index (χ0n) is 13.5. The second-order valence-corrected chi connectivity index (χ2v) is 6.26. The first-order valence-corrected chi connectivity index (χ1v) is 6.50. The second kappa shape index (κ2) is 7.33. The molecule has 0 saturated carbocycles. The highest BCUT2D eigenvalue weighted by atomic mass is 127. The van der Waals surface area contributed by atoms with Gasteiger partial charge in [-0.1, -0.05) is 0 Å². The van der Waals surface area contributed by atoms with Crippen LogP contribution in [0.15, 0.2) is 4.99 Å². The molecule has 1 rings (SSSR count). The highest BCUT2D eigenvalue weighted by molar-refractivity contribution is 14.0. The van der Waals surface area contributed by atoms with Gasteiger partial charge in [0.15, 0.2) is 5.96 Å². The molecule has 118 valence electrons. The molecule has 0 aromatic carbocycles. The maximum Gasteiger partial charge on any atom is 0.410 e. The molecule has 0 aliphatic carbocycles. The number of nitrogens with zero attached hydrogens (tertiary/aromatic N) is 4. The van der Waals surface area contributed by atoms with Gasteiger partial charge in [-0.3, -0.25) is 0 Å². The predicted molar refractivity (Wildman–Crippen MR) is 91.8 cm³/mol. The van der Waals surface area contributed by atoms with E-state index in [1.54, 1.807) is 4.90 Å². The predicted octanol–water partition coefficient (Wildman–Crippen LogP) is 1.70. The van der Waals surface area contributed by atoms with E-state index < -0.39 is 5.60 Å². The quantitative estimate of drug-likeness (QED) is 0.383. The minimum Gasteiger partial charge on any atom is -0.444 e. The van der Waals surface area contributed by atoms with Crippen molar-refractivity contribution in [2.24, 2.45) is 4.99 Å². The molecule has 0 aromatic heterocycles. The van der Waals surface area contributed by atoms with Gasteiger partial charge in [0.1, 0.15) is 5.60 Å². The molecule has 0 spiro atoms. The van der Waals surface area contributed by atoms with Crippen LogP contribution in [-0.2, 0) is 4.74 Å². The van der Waals surface area contributed by atoms with Crippen LogP contribution in [-0.4, -0.2) is 79.7 Å². The van der Waals surface area contributed by atoms with Gasteiger partial charge in [0.25, 0.3) is 0 Å². The number of hydrogen-bond acceptors (Lipinski definition) is 3. The minimum atomic E-state index is -0.441. The normalized spacial score (nSPS) is 14.8. The van der Waals surface area contributed by atoms with E-state index in [1.165, 1.54) is 0 Å². The van der Waals surface area contributed by atoms with Crippen LogP contribution in [0.5, 0.6) is 0 Å². The summed E-state index contributed by atoms with van der Waals surface area (Å²) in [6.45, 7) is 6.86. The summed E-state index contributed by atoms with van der Waals surface area (Å²) in [5, 5.41) is 0. The van der Waals surface area contributed by atoms with Crippen molar-refractivity contribution in [3.63, 3.8) is 0 Å². The summed E-state index contributed by atoms with van der Waals surface area (Å²) in [6, 6.07) is 0.160. The van der Waals surface area contributed by atoms with Gasteiger partial charge in [0, 0.05) is 41.3 Å². The Morgan fingerprint density at radius 1 is 1.15 bits per heavy atom. The fourth-order valence-corrected chi connectivity index (χ4v) is 1.81. The summed E-state index contributed by atoms with van der Waals surface area (Å²) < 4.78 is 5.31. The van der Waals surface area contributed by atoms with Crippen molar-refractivity contribution in [2.75, 3.05) is 41.3 Å². The molecule has 20 heavy (non-hydrogen) atoms. The van der Waals surface area contributed by atoms with Crippen molar-refractivity contribution in [1.29, 1.82) is 0 Å². The zero-order chi connectivity index (χ0) is 14.8. The van der Waals surface area contributed by atoms with Crippen molar-refractivity contribution in [1.82, 2.24) is 14.7 Å². The Morgan fingerprint density at radius 3 is 1.95 bits per heavy atom. The number of likely N-dealkylation sites (tertiary alicyclic amines) is 1. The summed E-state index contributed by atoms with van der Waals surface area (Å²) in [7, 11) is 7.85. The van der Waals surface area contributed by atoms with Crippen LogP contribution in [0.4, 0.5) is 4.79 Å². The third-order valence-corrected chi connectivity index (χ3v) is 2.61.